The van der Waals surface area contributed by atoms with Crippen LogP contribution < -0.4 is 0 Å². The van der Waals surface area contributed by atoms with Crippen LogP contribution in [0.4, 0.5) is 35.1 Å². The summed E-state index contributed by atoms with van der Waals surface area (Å²) >= 11 is 0. The molecule has 0 heterocycles. The van der Waals surface area contributed by atoms with Crippen LogP contribution in [0.1, 0.15) is 11.1 Å². The highest BCUT2D eigenvalue weighted by Gasteiger charge is 2.40. The smallest absolute Gasteiger partial charge is 0.206 e. The minimum atomic E-state index is -5.14. The fraction of sp³-hybridized carbons (Fsp3) is 0.143. The van der Waals surface area contributed by atoms with E-state index >= 15 is 0 Å². The maximum absolute atomic E-state index is 13.8. The summed E-state index contributed by atoms with van der Waals surface area (Å²) in [5.74, 6) is -3.18. The lowest BCUT2D eigenvalue weighted by Crippen LogP contribution is -2.13. The van der Waals surface area contributed by atoms with Crippen LogP contribution in [-0.2, 0) is 12.4 Å². The summed E-state index contributed by atoms with van der Waals surface area (Å²) in [7, 11) is 0. The molecule has 0 aliphatic rings. The second kappa shape index (κ2) is 5.26. The molecule has 0 radical (unpaired) electrons. The molecule has 0 amide bonds. The first kappa shape index (κ1) is 16.3. The van der Waals surface area contributed by atoms with Gasteiger partial charge in [-0.15, -0.1) is 0 Å². The maximum Gasteiger partial charge on any atom is 0.417 e. The summed E-state index contributed by atoms with van der Waals surface area (Å²) < 4.78 is 105. The first-order valence-corrected chi connectivity index (χ1v) is 5.75. The third-order valence-corrected chi connectivity index (χ3v) is 2.89. The fourth-order valence-corrected chi connectivity index (χ4v) is 2.03. The van der Waals surface area contributed by atoms with E-state index in [0.29, 0.717) is 36.4 Å². The van der Waals surface area contributed by atoms with E-state index in [1.165, 1.54) is 0 Å². The van der Waals surface area contributed by atoms with Crippen molar-refractivity contribution in [1.29, 1.82) is 0 Å². The third-order valence-electron chi connectivity index (χ3n) is 2.89. The first-order valence-electron chi connectivity index (χ1n) is 5.75. The summed E-state index contributed by atoms with van der Waals surface area (Å²) in [6, 6.07) is 3.25. The summed E-state index contributed by atoms with van der Waals surface area (Å²) in [4.78, 5) is 0. The molecule has 2 rings (SSSR count). The summed E-state index contributed by atoms with van der Waals surface area (Å²) in [5.41, 5.74) is -6.27. The van der Waals surface area contributed by atoms with E-state index in [1.807, 2.05) is 0 Å². The largest absolute Gasteiger partial charge is 0.417 e. The van der Waals surface area contributed by atoms with Crippen molar-refractivity contribution in [2.45, 2.75) is 12.4 Å². The van der Waals surface area contributed by atoms with Crippen molar-refractivity contribution in [2.24, 2.45) is 0 Å². The fourth-order valence-electron chi connectivity index (χ4n) is 2.03. The van der Waals surface area contributed by atoms with Gasteiger partial charge < -0.3 is 0 Å². The molecule has 0 fully saturated rings. The Morgan fingerprint density at radius 3 is 1.14 bits per heavy atom. The molecule has 8 heteroatoms. The molecule has 118 valence electrons. The minimum absolute atomic E-state index is 0.394. The van der Waals surface area contributed by atoms with Gasteiger partial charge in [0.05, 0.1) is 11.1 Å². The zero-order chi connectivity index (χ0) is 16.7. The number of hydrogen-bond donors (Lipinski definition) is 0. The molecule has 2 aromatic carbocycles. The highest BCUT2D eigenvalue weighted by Crippen LogP contribution is 2.44. The molecular weight excluding hydrogens is 320 g/mol. The van der Waals surface area contributed by atoms with Crippen LogP contribution in [0.25, 0.3) is 11.1 Å². The predicted molar refractivity (Wildman–Crippen MR) is 61.8 cm³/mol. The molecule has 0 N–H and O–H groups in total. The Morgan fingerprint density at radius 1 is 0.545 bits per heavy atom. The molecule has 0 aliphatic heterocycles. The van der Waals surface area contributed by atoms with Crippen LogP contribution in [0.5, 0.6) is 0 Å². The molecule has 0 aliphatic carbocycles. The number of hydrogen-bond acceptors (Lipinski definition) is 0. The number of halogens is 8. The quantitative estimate of drug-likeness (QED) is 0.592. The SMILES string of the molecule is Fc1cccc(C(F)(F)F)c1-c1c(F)cccc1C(F)(F)F. The molecule has 0 aromatic heterocycles. The van der Waals surface area contributed by atoms with E-state index in [0.717, 1.165) is 0 Å². The molecule has 0 spiro atoms. The second-order valence-corrected chi connectivity index (χ2v) is 4.32. The van der Waals surface area contributed by atoms with Crippen molar-refractivity contribution < 1.29 is 35.1 Å². The average Bonchev–Trinajstić information content (AvgIpc) is 2.36. The maximum atomic E-state index is 13.8. The molecule has 0 saturated carbocycles. The van der Waals surface area contributed by atoms with Gasteiger partial charge in [0, 0.05) is 11.1 Å². The molecule has 2 aromatic rings. The standard InChI is InChI=1S/C14H6F8/c15-9-5-1-3-7(13(17,18)19)11(9)12-8(14(20,21)22)4-2-6-10(12)16/h1-6H. The van der Waals surface area contributed by atoms with Gasteiger partial charge in [-0.2, -0.15) is 26.3 Å². The molecule has 0 atom stereocenters. The molecule has 0 nitrogen and oxygen atoms in total. The van der Waals surface area contributed by atoms with Gasteiger partial charge in [-0.1, -0.05) is 12.1 Å². The van der Waals surface area contributed by atoms with Gasteiger partial charge in [0.25, 0.3) is 0 Å². The van der Waals surface area contributed by atoms with Crippen LogP contribution in [0, 0.1) is 11.6 Å². The molecule has 22 heavy (non-hydrogen) atoms. The van der Waals surface area contributed by atoms with E-state index in [1.54, 1.807) is 0 Å². The predicted octanol–water partition coefficient (Wildman–Crippen LogP) is 5.67. The molecule has 0 bridgehead atoms. The van der Waals surface area contributed by atoms with E-state index in [2.05, 4.69) is 0 Å². The van der Waals surface area contributed by atoms with Crippen molar-refractivity contribution in [3.8, 4) is 11.1 Å². The lowest BCUT2D eigenvalue weighted by atomic mass is 9.93. The van der Waals surface area contributed by atoms with Gasteiger partial charge in [0.1, 0.15) is 11.6 Å². The molecular formula is C14H6F8. The van der Waals surface area contributed by atoms with Crippen molar-refractivity contribution in [1.82, 2.24) is 0 Å². The van der Waals surface area contributed by atoms with Crippen molar-refractivity contribution in [3.05, 3.63) is 59.2 Å². The van der Waals surface area contributed by atoms with Gasteiger partial charge in [0.15, 0.2) is 0 Å². The zero-order valence-corrected chi connectivity index (χ0v) is 10.5. The Bertz CT molecular complexity index is 635. The van der Waals surface area contributed by atoms with E-state index < -0.39 is 46.2 Å². The van der Waals surface area contributed by atoms with Gasteiger partial charge in [-0.25, -0.2) is 8.78 Å². The number of benzene rings is 2. The Labute approximate surface area is 119 Å². The Morgan fingerprint density at radius 2 is 0.864 bits per heavy atom. The van der Waals surface area contributed by atoms with Crippen LogP contribution in [0.2, 0.25) is 0 Å². The number of alkyl halides is 6. The monoisotopic (exact) mass is 326 g/mol. The summed E-state index contributed by atoms with van der Waals surface area (Å²) in [6.45, 7) is 0. The Balaban J connectivity index is 2.90. The number of rotatable bonds is 1. The summed E-state index contributed by atoms with van der Waals surface area (Å²) in [6.07, 6.45) is -10.3. The molecule has 0 saturated heterocycles. The van der Waals surface area contributed by atoms with Gasteiger partial charge >= 0.3 is 12.4 Å². The van der Waals surface area contributed by atoms with Crippen LogP contribution in [0.15, 0.2) is 36.4 Å². The summed E-state index contributed by atoms with van der Waals surface area (Å²) in [5, 5.41) is 0. The van der Waals surface area contributed by atoms with Gasteiger partial charge in [-0.05, 0) is 24.3 Å². The normalized spacial score (nSPS) is 12.5. The minimum Gasteiger partial charge on any atom is -0.206 e. The third kappa shape index (κ3) is 2.90. The van der Waals surface area contributed by atoms with E-state index in [4.69, 9.17) is 0 Å². The van der Waals surface area contributed by atoms with Gasteiger partial charge in [0.2, 0.25) is 0 Å². The Kier molecular flexibility index (Phi) is 3.88. The molecule has 0 unspecified atom stereocenters. The van der Waals surface area contributed by atoms with Crippen molar-refractivity contribution >= 4 is 0 Å². The second-order valence-electron chi connectivity index (χ2n) is 4.32. The van der Waals surface area contributed by atoms with E-state index in [9.17, 15) is 35.1 Å². The topological polar surface area (TPSA) is 0 Å². The van der Waals surface area contributed by atoms with Crippen LogP contribution >= 0.6 is 0 Å². The highest BCUT2D eigenvalue weighted by atomic mass is 19.4. The Hall–Kier alpha value is -2.12. The average molecular weight is 326 g/mol. The van der Waals surface area contributed by atoms with Crippen LogP contribution in [-0.4, -0.2) is 0 Å². The lowest BCUT2D eigenvalue weighted by molar-refractivity contribution is -0.139. The van der Waals surface area contributed by atoms with E-state index in [-0.39, 0.29) is 0 Å². The first-order chi connectivity index (χ1) is 10.0. The highest BCUT2D eigenvalue weighted by molar-refractivity contribution is 5.73. The van der Waals surface area contributed by atoms with Crippen molar-refractivity contribution in [2.75, 3.05) is 0 Å². The van der Waals surface area contributed by atoms with Crippen LogP contribution in [0.3, 0.4) is 0 Å². The van der Waals surface area contributed by atoms with Crippen molar-refractivity contribution in [3.63, 3.8) is 0 Å². The zero-order valence-electron chi connectivity index (χ0n) is 10.5. The van der Waals surface area contributed by atoms with Gasteiger partial charge in [-0.3, -0.25) is 0 Å². The lowest BCUT2D eigenvalue weighted by Gasteiger charge is -2.18.